The van der Waals surface area contributed by atoms with E-state index >= 15 is 0 Å². The lowest BCUT2D eigenvalue weighted by atomic mass is 10.1. The molecule has 36 heavy (non-hydrogen) atoms. The number of hydrogen-bond donors (Lipinski definition) is 0. The van der Waals surface area contributed by atoms with E-state index in [9.17, 15) is 9.59 Å². The quantitative estimate of drug-likeness (QED) is 0.202. The van der Waals surface area contributed by atoms with Gasteiger partial charge in [-0.3, -0.25) is 4.79 Å². The largest absolute Gasteiger partial charge is 0.427 e. The molecule has 0 aliphatic heterocycles. The third kappa shape index (κ3) is 10.9. The molecule has 0 amide bonds. The summed E-state index contributed by atoms with van der Waals surface area (Å²) in [7, 11) is 0. The number of carbonyl (C=O) groups excluding carboxylic acids is 2. The van der Waals surface area contributed by atoms with E-state index in [-0.39, 0.29) is 27.4 Å². The molecule has 0 N–H and O–H groups in total. The minimum atomic E-state index is -0.752. The van der Waals surface area contributed by atoms with Crippen LogP contribution in [0.1, 0.15) is 35.2 Å². The Morgan fingerprint density at radius 2 is 0.917 bits per heavy atom. The number of esters is 2. The molecule has 0 radical (unpaired) electrons. The maximum atomic E-state index is 11.8. The first-order valence-corrected chi connectivity index (χ1v) is 10.1. The maximum absolute atomic E-state index is 11.8. The zero-order valence-electron chi connectivity index (χ0n) is 19.3. The second-order valence-electron chi connectivity index (χ2n) is 6.16. The van der Waals surface area contributed by atoms with E-state index in [2.05, 4.69) is 94.7 Å². The average molecular weight is 493 g/mol. The van der Waals surface area contributed by atoms with Crippen LogP contribution in [0.5, 0.6) is 11.5 Å². The SMILES string of the molecule is CC#CC#CC#CC#CC#CC#CC#CC#CC(=O)Oc1ccc(-c2ccc(OC(C)=O)cc2)cc1.[HH].[HH].[HH].[HH].[HH].[HH].[HH].[HH].[HH].[HH].[HH].[HH].[HH].[HH].[HH]. The summed E-state index contributed by atoms with van der Waals surface area (Å²) >= 11 is 0. The Bertz CT molecular complexity index is 1690. The Labute approximate surface area is 233 Å². The van der Waals surface area contributed by atoms with Crippen LogP contribution in [0.4, 0.5) is 0 Å². The fraction of sp³-hybridized carbons (Fsp3) is 0.0625. The molecule has 0 spiro atoms. The van der Waals surface area contributed by atoms with Crippen molar-refractivity contribution in [2.75, 3.05) is 0 Å². The van der Waals surface area contributed by atoms with Gasteiger partial charge in [0, 0.05) is 34.2 Å². The summed E-state index contributed by atoms with van der Waals surface area (Å²) in [5.41, 5.74) is 1.81. The Balaban J connectivity index is -0.0000000761. The minimum absolute atomic E-state index is 0. The molecule has 0 atom stereocenters. The average Bonchev–Trinajstić information content (AvgIpc) is 2.87. The molecular weight excluding hydrogens is 448 g/mol. The first-order valence-electron chi connectivity index (χ1n) is 10.1. The number of benzene rings is 2. The number of rotatable bonds is 3. The van der Waals surface area contributed by atoms with E-state index in [1.165, 1.54) is 6.92 Å². The van der Waals surface area contributed by atoms with Crippen LogP contribution < -0.4 is 9.47 Å². The van der Waals surface area contributed by atoms with E-state index in [1.807, 2.05) is 12.1 Å². The maximum Gasteiger partial charge on any atom is 0.390 e. The van der Waals surface area contributed by atoms with Crippen LogP contribution in [-0.2, 0) is 9.59 Å². The van der Waals surface area contributed by atoms with Crippen molar-refractivity contribution in [3.63, 3.8) is 0 Å². The van der Waals surface area contributed by atoms with E-state index < -0.39 is 5.97 Å². The smallest absolute Gasteiger partial charge is 0.390 e. The van der Waals surface area contributed by atoms with Crippen LogP contribution in [0.2, 0.25) is 0 Å². The van der Waals surface area contributed by atoms with Crippen LogP contribution in [0.25, 0.3) is 11.1 Å². The third-order valence-corrected chi connectivity index (χ3v) is 3.62. The van der Waals surface area contributed by atoms with Gasteiger partial charge in [-0.05, 0) is 125 Å². The zero-order chi connectivity index (χ0) is 25.8. The minimum Gasteiger partial charge on any atom is -0.427 e. The first kappa shape index (κ1) is 26.1. The van der Waals surface area contributed by atoms with Gasteiger partial charge in [0.25, 0.3) is 0 Å². The molecule has 4 heteroatoms. The van der Waals surface area contributed by atoms with Gasteiger partial charge in [-0.15, -0.1) is 0 Å². The highest BCUT2D eigenvalue weighted by Gasteiger charge is 2.03. The van der Waals surface area contributed by atoms with Crippen molar-refractivity contribution < 1.29 is 40.5 Å². The molecular formula is C32H44O4. The van der Waals surface area contributed by atoms with E-state index in [0.29, 0.717) is 11.5 Å². The molecule has 0 fully saturated rings. The number of hydrogen-bond acceptors (Lipinski definition) is 4. The van der Waals surface area contributed by atoms with Crippen molar-refractivity contribution in [2.45, 2.75) is 13.8 Å². The van der Waals surface area contributed by atoms with Crippen LogP contribution in [-0.4, -0.2) is 11.9 Å². The fourth-order valence-corrected chi connectivity index (χ4v) is 2.25. The Morgan fingerprint density at radius 3 is 1.31 bits per heavy atom. The van der Waals surface area contributed by atoms with Gasteiger partial charge < -0.3 is 9.47 Å². The molecule has 0 bridgehead atoms. The summed E-state index contributed by atoms with van der Waals surface area (Å²) in [6, 6.07) is 13.9. The van der Waals surface area contributed by atoms with Gasteiger partial charge in [0.15, 0.2) is 0 Å². The molecule has 0 saturated carbocycles. The molecule has 0 saturated heterocycles. The second kappa shape index (κ2) is 15.6. The fourth-order valence-electron chi connectivity index (χ4n) is 2.25. The van der Waals surface area contributed by atoms with Crippen LogP contribution in [0, 0.1) is 94.7 Å². The first-order chi connectivity index (χ1) is 17.6. The van der Waals surface area contributed by atoms with Crippen molar-refractivity contribution in [3.05, 3.63) is 48.5 Å². The molecule has 4 nitrogen and oxygen atoms in total. The zero-order valence-corrected chi connectivity index (χ0v) is 19.3. The standard InChI is InChI=1S/C32H14O4.15H2/c1-3-4-5-6-7-8-9-10-11-12-13-14-15-16-17-18-32(34)36-31-25-21-29(22-26-31)28-19-23-30(24-20-28)35-27(2)33;;;;;;;;;;;;;;;/h19-26H,1-2H3;15*1H. The van der Waals surface area contributed by atoms with Crippen molar-refractivity contribution in [3.8, 4) is 117 Å². The van der Waals surface area contributed by atoms with Gasteiger partial charge in [0.05, 0.1) is 0 Å². The van der Waals surface area contributed by atoms with Crippen LogP contribution in [0.3, 0.4) is 0 Å². The van der Waals surface area contributed by atoms with E-state index in [4.69, 9.17) is 9.47 Å². The summed E-state index contributed by atoms with van der Waals surface area (Å²) < 4.78 is 10.2. The summed E-state index contributed by atoms with van der Waals surface area (Å²) in [6.45, 7) is 3.03. The molecule has 0 aliphatic rings. The summed E-state index contributed by atoms with van der Waals surface area (Å²) in [4.78, 5) is 22.8. The van der Waals surface area contributed by atoms with Gasteiger partial charge in [0.2, 0.25) is 0 Å². The molecule has 0 unspecified atom stereocenters. The molecule has 2 aromatic carbocycles. The van der Waals surface area contributed by atoms with Gasteiger partial charge >= 0.3 is 11.9 Å². The Kier molecular flexibility index (Phi) is 11.3. The summed E-state index contributed by atoms with van der Waals surface area (Å²) in [5, 5.41) is 0. The van der Waals surface area contributed by atoms with E-state index in [0.717, 1.165) is 11.1 Å². The molecule has 0 aliphatic carbocycles. The van der Waals surface area contributed by atoms with Crippen LogP contribution in [0.15, 0.2) is 48.5 Å². The highest BCUT2D eigenvalue weighted by Crippen LogP contribution is 2.24. The predicted octanol–water partition coefficient (Wildman–Crippen LogP) is 6.92. The Hall–Kier alpha value is -6.14. The van der Waals surface area contributed by atoms with Gasteiger partial charge in [-0.2, -0.15) is 0 Å². The number of carbonyl (C=O) groups is 2. The highest BCUT2D eigenvalue weighted by atomic mass is 16.5. The molecule has 2 aromatic rings. The molecule has 2 rings (SSSR count). The molecule has 0 heterocycles. The van der Waals surface area contributed by atoms with Crippen molar-refractivity contribution in [1.82, 2.24) is 0 Å². The van der Waals surface area contributed by atoms with Crippen molar-refractivity contribution in [1.29, 1.82) is 0 Å². The topological polar surface area (TPSA) is 52.6 Å². The summed E-state index contributed by atoms with van der Waals surface area (Å²) in [6.07, 6.45) is 0. The lowest BCUT2D eigenvalue weighted by Gasteiger charge is -2.05. The summed E-state index contributed by atoms with van der Waals surface area (Å²) in [5.74, 6) is 39.3. The van der Waals surface area contributed by atoms with Gasteiger partial charge in [0.1, 0.15) is 11.5 Å². The lowest BCUT2D eigenvalue weighted by Crippen LogP contribution is -2.04. The van der Waals surface area contributed by atoms with Crippen molar-refractivity contribution in [2.24, 2.45) is 0 Å². The van der Waals surface area contributed by atoms with Crippen LogP contribution >= 0.6 is 0 Å². The van der Waals surface area contributed by atoms with Gasteiger partial charge in [-0.25, -0.2) is 4.79 Å². The predicted molar refractivity (Wildman–Crippen MR) is 168 cm³/mol. The third-order valence-electron chi connectivity index (χ3n) is 3.62. The van der Waals surface area contributed by atoms with Gasteiger partial charge in [-0.1, -0.05) is 30.2 Å². The lowest BCUT2D eigenvalue weighted by molar-refractivity contribution is -0.132. The normalized spacial score (nSPS) is 7.28. The Morgan fingerprint density at radius 1 is 0.556 bits per heavy atom. The molecule has 196 valence electrons. The van der Waals surface area contributed by atoms with E-state index in [1.54, 1.807) is 43.3 Å². The highest BCUT2D eigenvalue weighted by molar-refractivity contribution is 5.90. The number of ether oxygens (including phenoxy) is 2. The second-order valence-corrected chi connectivity index (χ2v) is 6.16. The van der Waals surface area contributed by atoms with Crippen molar-refractivity contribution >= 4 is 11.9 Å². The monoisotopic (exact) mass is 492 g/mol. The molecule has 0 aromatic heterocycles.